The van der Waals surface area contributed by atoms with Gasteiger partial charge in [-0.15, -0.1) is 0 Å². The van der Waals surface area contributed by atoms with Gasteiger partial charge in [0.2, 0.25) is 5.91 Å². The van der Waals surface area contributed by atoms with Gasteiger partial charge >= 0.3 is 0 Å². The molecule has 3 heteroatoms. The van der Waals surface area contributed by atoms with Gasteiger partial charge in [0.05, 0.1) is 0 Å². The van der Waals surface area contributed by atoms with Crippen LogP contribution in [0.3, 0.4) is 0 Å². The number of hydrogen-bond donors (Lipinski definition) is 1. The van der Waals surface area contributed by atoms with Crippen molar-refractivity contribution in [1.29, 1.82) is 0 Å². The number of thioether (sulfide) groups is 1. The molecule has 0 unspecified atom stereocenters. The summed E-state index contributed by atoms with van der Waals surface area (Å²) in [6.45, 7) is 9.41. The number of hydrogen-bond acceptors (Lipinski definition) is 2. The molecule has 0 spiro atoms. The molecular formula is C16H25NOS. The van der Waals surface area contributed by atoms with Gasteiger partial charge in [-0.1, -0.05) is 50.6 Å². The number of rotatable bonds is 6. The molecule has 0 aliphatic heterocycles. The highest BCUT2D eigenvalue weighted by Gasteiger charge is 2.10. The molecule has 106 valence electrons. The predicted octanol–water partition coefficient (Wildman–Crippen LogP) is 3.58. The van der Waals surface area contributed by atoms with E-state index in [1.165, 1.54) is 11.1 Å². The van der Waals surface area contributed by atoms with Crippen molar-refractivity contribution in [1.82, 2.24) is 5.32 Å². The minimum Gasteiger partial charge on any atom is -0.355 e. The van der Waals surface area contributed by atoms with Crippen LogP contribution >= 0.6 is 11.8 Å². The first-order valence-corrected chi connectivity index (χ1v) is 7.81. The van der Waals surface area contributed by atoms with Crippen LogP contribution in [0.5, 0.6) is 0 Å². The van der Waals surface area contributed by atoms with Gasteiger partial charge in [0.1, 0.15) is 0 Å². The molecule has 1 amide bonds. The SMILES string of the molecule is Cc1ccc(CCC(=O)NCCSC(C)(C)C)cc1. The lowest BCUT2D eigenvalue weighted by Crippen LogP contribution is -2.27. The highest BCUT2D eigenvalue weighted by molar-refractivity contribution is 8.00. The Morgan fingerprint density at radius 2 is 1.84 bits per heavy atom. The van der Waals surface area contributed by atoms with E-state index in [4.69, 9.17) is 0 Å². The van der Waals surface area contributed by atoms with Crippen molar-refractivity contribution in [2.75, 3.05) is 12.3 Å². The third-order valence-corrected chi connectivity index (χ3v) is 3.99. The molecule has 2 nitrogen and oxygen atoms in total. The average molecular weight is 279 g/mol. The van der Waals surface area contributed by atoms with E-state index >= 15 is 0 Å². The number of carbonyl (C=O) groups excluding carboxylic acids is 1. The Bertz CT molecular complexity index is 392. The molecule has 0 atom stereocenters. The van der Waals surface area contributed by atoms with E-state index in [9.17, 15) is 4.79 Å². The molecule has 0 aromatic heterocycles. The number of benzene rings is 1. The van der Waals surface area contributed by atoms with Gasteiger partial charge < -0.3 is 5.32 Å². The molecule has 1 N–H and O–H groups in total. The largest absolute Gasteiger partial charge is 0.355 e. The molecule has 0 bridgehead atoms. The van der Waals surface area contributed by atoms with Crippen LogP contribution in [0.25, 0.3) is 0 Å². The maximum atomic E-state index is 11.7. The summed E-state index contributed by atoms with van der Waals surface area (Å²) in [5, 5.41) is 2.98. The zero-order valence-electron chi connectivity index (χ0n) is 12.5. The number of carbonyl (C=O) groups is 1. The van der Waals surface area contributed by atoms with Crippen molar-refractivity contribution in [3.8, 4) is 0 Å². The number of nitrogens with one attached hydrogen (secondary N) is 1. The van der Waals surface area contributed by atoms with Crippen LogP contribution in [0.15, 0.2) is 24.3 Å². The fourth-order valence-electron chi connectivity index (χ4n) is 1.65. The van der Waals surface area contributed by atoms with Gasteiger partial charge in [0.15, 0.2) is 0 Å². The van der Waals surface area contributed by atoms with Crippen molar-refractivity contribution in [2.45, 2.75) is 45.3 Å². The number of amides is 1. The summed E-state index contributed by atoms with van der Waals surface area (Å²) in [7, 11) is 0. The zero-order valence-corrected chi connectivity index (χ0v) is 13.3. The molecule has 1 rings (SSSR count). The van der Waals surface area contributed by atoms with Gasteiger partial charge in [0, 0.05) is 23.5 Å². The first-order chi connectivity index (χ1) is 8.87. The van der Waals surface area contributed by atoms with E-state index in [2.05, 4.69) is 57.3 Å². The third kappa shape index (κ3) is 7.93. The van der Waals surface area contributed by atoms with Crippen LogP contribution in [0, 0.1) is 6.92 Å². The monoisotopic (exact) mass is 279 g/mol. The molecule has 0 aliphatic rings. The second-order valence-electron chi connectivity index (χ2n) is 5.80. The predicted molar refractivity (Wildman–Crippen MR) is 84.7 cm³/mol. The lowest BCUT2D eigenvalue weighted by molar-refractivity contribution is -0.120. The van der Waals surface area contributed by atoms with Gasteiger partial charge in [0.25, 0.3) is 0 Å². The van der Waals surface area contributed by atoms with Crippen molar-refractivity contribution in [3.05, 3.63) is 35.4 Å². The first kappa shape index (κ1) is 16.1. The summed E-state index contributed by atoms with van der Waals surface area (Å²) >= 11 is 1.88. The fourth-order valence-corrected chi connectivity index (χ4v) is 2.47. The third-order valence-electron chi connectivity index (χ3n) is 2.72. The van der Waals surface area contributed by atoms with E-state index in [1.54, 1.807) is 0 Å². The Morgan fingerprint density at radius 3 is 2.42 bits per heavy atom. The Balaban J connectivity index is 2.16. The average Bonchev–Trinajstić information content (AvgIpc) is 2.33. The standard InChI is InChI=1S/C16H25NOS/c1-13-5-7-14(8-6-13)9-10-15(18)17-11-12-19-16(2,3)4/h5-8H,9-12H2,1-4H3,(H,17,18). The Labute approximate surface area is 121 Å². The minimum atomic E-state index is 0.148. The van der Waals surface area contributed by atoms with Gasteiger partial charge in [-0.05, 0) is 18.9 Å². The molecule has 0 saturated carbocycles. The second-order valence-corrected chi connectivity index (χ2v) is 7.72. The van der Waals surface area contributed by atoms with Crippen molar-refractivity contribution < 1.29 is 4.79 Å². The summed E-state index contributed by atoms with van der Waals surface area (Å²) in [5.74, 6) is 1.12. The molecule has 0 saturated heterocycles. The fraction of sp³-hybridized carbons (Fsp3) is 0.562. The smallest absolute Gasteiger partial charge is 0.220 e. The summed E-state index contributed by atoms with van der Waals surface area (Å²) in [5.41, 5.74) is 2.48. The van der Waals surface area contributed by atoms with Crippen LogP contribution in [-0.4, -0.2) is 23.0 Å². The summed E-state index contributed by atoms with van der Waals surface area (Å²) in [6.07, 6.45) is 1.39. The van der Waals surface area contributed by atoms with Gasteiger partial charge in [-0.25, -0.2) is 0 Å². The molecule has 0 heterocycles. The van der Waals surface area contributed by atoms with Crippen LogP contribution in [0.1, 0.15) is 38.3 Å². The lowest BCUT2D eigenvalue weighted by atomic mass is 10.1. The van der Waals surface area contributed by atoms with Crippen molar-refractivity contribution in [3.63, 3.8) is 0 Å². The molecule has 0 radical (unpaired) electrons. The van der Waals surface area contributed by atoms with Crippen LogP contribution in [0.2, 0.25) is 0 Å². The van der Waals surface area contributed by atoms with Crippen LogP contribution in [0.4, 0.5) is 0 Å². The van der Waals surface area contributed by atoms with E-state index in [-0.39, 0.29) is 10.7 Å². The minimum absolute atomic E-state index is 0.148. The molecular weight excluding hydrogens is 254 g/mol. The first-order valence-electron chi connectivity index (χ1n) is 6.83. The lowest BCUT2D eigenvalue weighted by Gasteiger charge is -2.17. The maximum absolute atomic E-state index is 11.7. The highest BCUT2D eigenvalue weighted by Crippen LogP contribution is 2.21. The zero-order chi connectivity index (χ0) is 14.3. The summed E-state index contributed by atoms with van der Waals surface area (Å²) < 4.78 is 0.270. The number of aryl methyl sites for hydroxylation is 2. The second kappa shape index (κ2) is 7.59. The van der Waals surface area contributed by atoms with Crippen LogP contribution < -0.4 is 5.32 Å². The quantitative estimate of drug-likeness (QED) is 0.807. The van der Waals surface area contributed by atoms with Gasteiger partial charge in [-0.3, -0.25) is 4.79 Å². The van der Waals surface area contributed by atoms with Crippen molar-refractivity contribution in [2.24, 2.45) is 0 Å². The normalized spacial score (nSPS) is 11.4. The summed E-state index contributed by atoms with van der Waals surface area (Å²) in [6, 6.07) is 8.37. The highest BCUT2D eigenvalue weighted by atomic mass is 32.2. The van der Waals surface area contributed by atoms with E-state index in [0.29, 0.717) is 6.42 Å². The molecule has 1 aromatic rings. The Kier molecular flexibility index (Phi) is 6.43. The van der Waals surface area contributed by atoms with Crippen molar-refractivity contribution >= 4 is 17.7 Å². The summed E-state index contributed by atoms with van der Waals surface area (Å²) in [4.78, 5) is 11.7. The van der Waals surface area contributed by atoms with Gasteiger partial charge in [-0.2, -0.15) is 11.8 Å². The van der Waals surface area contributed by atoms with E-state index < -0.39 is 0 Å². The molecule has 0 fully saturated rings. The molecule has 1 aromatic carbocycles. The molecule has 0 aliphatic carbocycles. The van der Waals surface area contributed by atoms with E-state index in [1.807, 2.05) is 11.8 Å². The topological polar surface area (TPSA) is 29.1 Å². The Hall–Kier alpha value is -0.960. The maximum Gasteiger partial charge on any atom is 0.220 e. The van der Waals surface area contributed by atoms with Crippen LogP contribution in [-0.2, 0) is 11.2 Å². The Morgan fingerprint density at radius 1 is 1.21 bits per heavy atom. The van der Waals surface area contributed by atoms with E-state index in [0.717, 1.165) is 18.7 Å². The molecule has 19 heavy (non-hydrogen) atoms.